The fraction of sp³-hybridized carbons (Fsp3) is 0.500. The molecule has 0 fully saturated rings. The van der Waals surface area contributed by atoms with Gasteiger partial charge in [-0.25, -0.2) is 4.99 Å². The Hall–Kier alpha value is -1.79. The second kappa shape index (κ2) is 7.19. The Kier molecular flexibility index (Phi) is 6.02. The molecule has 2 rings (SSSR count). The number of rotatable bonds is 4. The average Bonchev–Trinajstić information content (AvgIpc) is 2.38. The summed E-state index contributed by atoms with van der Waals surface area (Å²) in [5.41, 5.74) is 14.5. The number of nitrogens with zero attached hydrogens (tertiary/aromatic N) is 3. The molecule has 0 atom stereocenters. The SMILES string of the molecule is Cc1ccc(C(C)C)cc1CON1C(N)=NC(N)=NC1(C)C.Cl. The Morgan fingerprint density at radius 1 is 1.26 bits per heavy atom. The molecular weight excluding hydrogens is 314 g/mol. The summed E-state index contributed by atoms with van der Waals surface area (Å²) in [7, 11) is 0. The maximum absolute atomic E-state index is 5.92. The van der Waals surface area contributed by atoms with Crippen LogP contribution in [0.4, 0.5) is 0 Å². The van der Waals surface area contributed by atoms with Crippen LogP contribution in [0.2, 0.25) is 0 Å². The third kappa shape index (κ3) is 4.36. The summed E-state index contributed by atoms with van der Waals surface area (Å²) in [4.78, 5) is 14.1. The Labute approximate surface area is 144 Å². The zero-order valence-corrected chi connectivity index (χ0v) is 15.1. The largest absolute Gasteiger partial charge is 0.368 e. The first-order chi connectivity index (χ1) is 10.2. The number of nitrogens with two attached hydrogens (primary N) is 2. The highest BCUT2D eigenvalue weighted by atomic mass is 35.5. The third-order valence-corrected chi connectivity index (χ3v) is 3.71. The van der Waals surface area contributed by atoms with E-state index in [-0.39, 0.29) is 24.3 Å². The van der Waals surface area contributed by atoms with E-state index in [1.165, 1.54) is 16.2 Å². The Bertz CT molecular complexity index is 625. The van der Waals surface area contributed by atoms with Crippen LogP contribution >= 0.6 is 12.4 Å². The molecule has 1 aliphatic heterocycles. The lowest BCUT2D eigenvalue weighted by atomic mass is 9.98. The van der Waals surface area contributed by atoms with Gasteiger partial charge in [0.1, 0.15) is 6.61 Å². The van der Waals surface area contributed by atoms with Gasteiger partial charge in [-0.05, 0) is 43.4 Å². The fourth-order valence-corrected chi connectivity index (χ4v) is 2.36. The highest BCUT2D eigenvalue weighted by Gasteiger charge is 2.33. The van der Waals surface area contributed by atoms with Crippen LogP contribution in [0.5, 0.6) is 0 Å². The van der Waals surface area contributed by atoms with E-state index in [0.29, 0.717) is 12.5 Å². The smallest absolute Gasteiger partial charge is 0.226 e. The van der Waals surface area contributed by atoms with Crippen molar-refractivity contribution in [2.24, 2.45) is 21.5 Å². The van der Waals surface area contributed by atoms with E-state index in [2.05, 4.69) is 49.0 Å². The molecule has 23 heavy (non-hydrogen) atoms. The lowest BCUT2D eigenvalue weighted by molar-refractivity contribution is -0.167. The van der Waals surface area contributed by atoms with Crippen molar-refractivity contribution in [3.63, 3.8) is 0 Å². The van der Waals surface area contributed by atoms with Crippen molar-refractivity contribution < 1.29 is 4.84 Å². The quantitative estimate of drug-likeness (QED) is 0.882. The summed E-state index contributed by atoms with van der Waals surface area (Å²) in [6, 6.07) is 6.43. The van der Waals surface area contributed by atoms with Crippen LogP contribution in [0.25, 0.3) is 0 Å². The summed E-state index contributed by atoms with van der Waals surface area (Å²) < 4.78 is 0. The molecule has 0 saturated carbocycles. The summed E-state index contributed by atoms with van der Waals surface area (Å²) >= 11 is 0. The molecule has 0 aliphatic carbocycles. The number of hydroxylamine groups is 2. The molecule has 0 unspecified atom stereocenters. The standard InChI is InChI=1S/C16H25N5O.ClH/c1-10(2)12-7-6-11(3)13(8-12)9-22-21-15(18)19-14(17)20-16(21,4)5;/h6-8,10H,9H2,1-5H3,(H4,17,18,19,20);1H. The molecular formula is C16H26ClN5O. The number of hydrogen-bond acceptors (Lipinski definition) is 6. The number of aryl methyl sites for hydroxylation is 1. The van der Waals surface area contributed by atoms with E-state index in [9.17, 15) is 0 Å². The van der Waals surface area contributed by atoms with Crippen LogP contribution in [0.15, 0.2) is 28.2 Å². The molecule has 1 aromatic rings. The number of hydrogen-bond donors (Lipinski definition) is 2. The Morgan fingerprint density at radius 3 is 2.48 bits per heavy atom. The number of aliphatic imine (C=N–C) groups is 2. The van der Waals surface area contributed by atoms with Gasteiger partial charge in [0.05, 0.1) is 0 Å². The second-order valence-electron chi connectivity index (χ2n) is 6.34. The van der Waals surface area contributed by atoms with E-state index < -0.39 is 5.66 Å². The first-order valence-corrected chi connectivity index (χ1v) is 7.43. The van der Waals surface area contributed by atoms with E-state index in [4.69, 9.17) is 16.3 Å². The third-order valence-electron chi connectivity index (χ3n) is 3.71. The molecule has 0 bridgehead atoms. The fourth-order valence-electron chi connectivity index (χ4n) is 2.36. The van der Waals surface area contributed by atoms with Gasteiger partial charge in [0.2, 0.25) is 11.9 Å². The molecule has 0 spiro atoms. The molecule has 1 aliphatic rings. The van der Waals surface area contributed by atoms with Crippen molar-refractivity contribution in [3.8, 4) is 0 Å². The van der Waals surface area contributed by atoms with Gasteiger partial charge < -0.3 is 11.5 Å². The average molecular weight is 340 g/mol. The van der Waals surface area contributed by atoms with Gasteiger partial charge in [-0.1, -0.05) is 32.0 Å². The lowest BCUT2D eigenvalue weighted by Crippen LogP contribution is -2.53. The highest BCUT2D eigenvalue weighted by Crippen LogP contribution is 2.23. The lowest BCUT2D eigenvalue weighted by Gasteiger charge is -2.36. The molecule has 1 aromatic carbocycles. The zero-order chi connectivity index (χ0) is 16.5. The molecule has 128 valence electrons. The maximum atomic E-state index is 5.92. The van der Waals surface area contributed by atoms with Gasteiger partial charge in [-0.3, -0.25) is 4.84 Å². The molecule has 1 heterocycles. The Balaban J connectivity index is 0.00000264. The van der Waals surface area contributed by atoms with Crippen LogP contribution in [-0.4, -0.2) is 22.6 Å². The van der Waals surface area contributed by atoms with E-state index in [1.807, 2.05) is 13.8 Å². The topological polar surface area (TPSA) is 89.2 Å². The van der Waals surface area contributed by atoms with E-state index in [0.717, 1.165) is 5.56 Å². The van der Waals surface area contributed by atoms with Crippen LogP contribution in [0, 0.1) is 6.92 Å². The van der Waals surface area contributed by atoms with Crippen molar-refractivity contribution >= 4 is 24.3 Å². The normalized spacial score (nSPS) is 16.7. The number of benzene rings is 1. The van der Waals surface area contributed by atoms with Crippen molar-refractivity contribution in [2.45, 2.75) is 52.8 Å². The number of halogens is 1. The summed E-state index contributed by atoms with van der Waals surface area (Å²) in [5.74, 6) is 0.859. The van der Waals surface area contributed by atoms with Gasteiger partial charge in [-0.15, -0.1) is 12.4 Å². The molecule has 0 aromatic heterocycles. The molecule has 0 amide bonds. The summed E-state index contributed by atoms with van der Waals surface area (Å²) in [6.45, 7) is 10.6. The van der Waals surface area contributed by atoms with Gasteiger partial charge in [-0.2, -0.15) is 10.1 Å². The minimum Gasteiger partial charge on any atom is -0.368 e. The van der Waals surface area contributed by atoms with Gasteiger partial charge >= 0.3 is 0 Å². The van der Waals surface area contributed by atoms with Crippen molar-refractivity contribution in [1.29, 1.82) is 0 Å². The first kappa shape index (κ1) is 19.3. The predicted octanol–water partition coefficient (Wildman–Crippen LogP) is 2.65. The zero-order valence-electron chi connectivity index (χ0n) is 14.3. The highest BCUT2D eigenvalue weighted by molar-refractivity contribution is 5.95. The van der Waals surface area contributed by atoms with Gasteiger partial charge in [0.15, 0.2) is 5.66 Å². The van der Waals surface area contributed by atoms with Crippen LogP contribution in [-0.2, 0) is 11.4 Å². The molecule has 4 N–H and O–H groups in total. The Morgan fingerprint density at radius 2 is 1.91 bits per heavy atom. The molecule has 0 saturated heterocycles. The van der Waals surface area contributed by atoms with Crippen LogP contribution in [0.3, 0.4) is 0 Å². The molecule has 7 heteroatoms. The van der Waals surface area contributed by atoms with Crippen LogP contribution in [0.1, 0.15) is 50.3 Å². The van der Waals surface area contributed by atoms with Gasteiger partial charge in [0, 0.05) is 0 Å². The van der Waals surface area contributed by atoms with Gasteiger partial charge in [0.25, 0.3) is 0 Å². The first-order valence-electron chi connectivity index (χ1n) is 7.43. The minimum atomic E-state index is -0.681. The van der Waals surface area contributed by atoms with E-state index >= 15 is 0 Å². The molecule has 6 nitrogen and oxygen atoms in total. The maximum Gasteiger partial charge on any atom is 0.226 e. The summed E-state index contributed by atoms with van der Waals surface area (Å²) in [6.07, 6.45) is 0. The minimum absolute atomic E-state index is 0. The predicted molar refractivity (Wildman–Crippen MR) is 96.5 cm³/mol. The van der Waals surface area contributed by atoms with Crippen molar-refractivity contribution in [2.75, 3.05) is 0 Å². The second-order valence-corrected chi connectivity index (χ2v) is 6.34. The van der Waals surface area contributed by atoms with Crippen molar-refractivity contribution in [1.82, 2.24) is 5.06 Å². The summed E-state index contributed by atoms with van der Waals surface area (Å²) in [5, 5.41) is 1.50. The molecule has 0 radical (unpaired) electrons. The number of guanidine groups is 2. The monoisotopic (exact) mass is 339 g/mol. The van der Waals surface area contributed by atoms with Crippen molar-refractivity contribution in [3.05, 3.63) is 34.9 Å². The van der Waals surface area contributed by atoms with E-state index in [1.54, 1.807) is 0 Å². The van der Waals surface area contributed by atoms with Crippen LogP contribution < -0.4 is 11.5 Å².